The van der Waals surface area contributed by atoms with Gasteiger partial charge in [-0.3, -0.25) is 19.3 Å². The number of hydrogen-bond donors (Lipinski definition) is 2. The Bertz CT molecular complexity index is 1130. The van der Waals surface area contributed by atoms with Crippen LogP contribution in [0.5, 0.6) is 0 Å². The SMILES string of the molecule is CC(Cn1c(=S)[nH]c(=O)c2[nH]cnc21)OCc1ccccn1.CCOC(=O)N=C=S. The number of nitrogens with one attached hydrogen (secondary N) is 2. The van der Waals surface area contributed by atoms with E-state index in [0.29, 0.717) is 35.7 Å². The van der Waals surface area contributed by atoms with E-state index in [0.717, 1.165) is 5.69 Å². The van der Waals surface area contributed by atoms with E-state index in [1.807, 2.05) is 30.3 Å². The standard InChI is InChI=1S/C14H15N5O2S.C4H5NO2S/c1-9(21-7-10-4-2-3-5-15-10)6-19-12-11(16-8-17-12)13(20)18-14(19)22;1-2-7-4(6)5-3-8/h2-5,8-9H,6-7H2,1H3,(H,16,17)(H,18,20,22);2H2,1H3. The number of nitrogens with zero attached hydrogens (tertiary/aromatic N) is 4. The van der Waals surface area contributed by atoms with Crippen LogP contribution in [0.2, 0.25) is 0 Å². The fourth-order valence-corrected chi connectivity index (χ4v) is 2.69. The van der Waals surface area contributed by atoms with E-state index in [2.05, 4.69) is 41.9 Å². The Balaban J connectivity index is 0.000000343. The third kappa shape index (κ3) is 6.78. The van der Waals surface area contributed by atoms with E-state index < -0.39 is 6.09 Å². The van der Waals surface area contributed by atoms with Crippen molar-refractivity contribution in [2.45, 2.75) is 33.1 Å². The molecule has 0 aliphatic rings. The van der Waals surface area contributed by atoms with Crippen LogP contribution < -0.4 is 5.56 Å². The molecule has 0 saturated carbocycles. The molecule has 12 heteroatoms. The average Bonchev–Trinajstić information content (AvgIpc) is 3.22. The van der Waals surface area contributed by atoms with Gasteiger partial charge in [0.1, 0.15) is 5.52 Å². The molecule has 3 heterocycles. The number of isothiocyanates is 1. The van der Waals surface area contributed by atoms with Gasteiger partial charge in [0.2, 0.25) is 0 Å². The van der Waals surface area contributed by atoms with Gasteiger partial charge in [0.15, 0.2) is 10.4 Å². The lowest BCUT2D eigenvalue weighted by atomic mass is 10.3. The van der Waals surface area contributed by atoms with Gasteiger partial charge in [-0.2, -0.15) is 0 Å². The van der Waals surface area contributed by atoms with Crippen LogP contribution in [0.4, 0.5) is 4.79 Å². The van der Waals surface area contributed by atoms with Gasteiger partial charge in [-0.25, -0.2) is 9.78 Å². The molecule has 0 fully saturated rings. The number of hydrogen-bond acceptors (Lipinski definition) is 8. The minimum Gasteiger partial charge on any atom is -0.448 e. The van der Waals surface area contributed by atoms with Crippen LogP contribution >= 0.6 is 24.4 Å². The topological polar surface area (TPSA) is 127 Å². The molecule has 0 aliphatic heterocycles. The number of carbonyl (C=O) groups is 1. The highest BCUT2D eigenvalue weighted by Crippen LogP contribution is 2.08. The number of aliphatic imine (C=N–C) groups is 1. The van der Waals surface area contributed by atoms with Crippen molar-refractivity contribution >= 4 is 46.9 Å². The summed E-state index contributed by atoms with van der Waals surface area (Å²) in [4.78, 5) is 38.7. The molecule has 3 aromatic heterocycles. The first kappa shape index (κ1) is 23.2. The lowest BCUT2D eigenvalue weighted by molar-refractivity contribution is 0.0402. The van der Waals surface area contributed by atoms with Crippen LogP contribution in [0.15, 0.2) is 40.5 Å². The number of thiocarbonyl (C=S) groups is 1. The summed E-state index contributed by atoms with van der Waals surface area (Å²) < 4.78 is 12.2. The Hall–Kier alpha value is -3.05. The smallest absolute Gasteiger partial charge is 0.442 e. The summed E-state index contributed by atoms with van der Waals surface area (Å²) in [6.07, 6.45) is 2.42. The van der Waals surface area contributed by atoms with E-state index in [9.17, 15) is 9.59 Å². The third-order valence-corrected chi connectivity index (χ3v) is 4.07. The summed E-state index contributed by atoms with van der Waals surface area (Å²) in [5, 5.41) is 1.89. The largest absolute Gasteiger partial charge is 0.448 e. The van der Waals surface area contributed by atoms with Crippen LogP contribution in [-0.2, 0) is 22.6 Å². The number of aromatic nitrogens is 5. The zero-order valence-electron chi connectivity index (χ0n) is 16.3. The van der Waals surface area contributed by atoms with Crippen LogP contribution in [-0.4, -0.2) is 48.5 Å². The number of pyridine rings is 1. The van der Waals surface area contributed by atoms with E-state index >= 15 is 0 Å². The van der Waals surface area contributed by atoms with Gasteiger partial charge in [-0.15, -0.1) is 4.99 Å². The van der Waals surface area contributed by atoms with Gasteiger partial charge in [-0.05, 0) is 50.4 Å². The fourth-order valence-electron chi connectivity index (χ4n) is 2.37. The summed E-state index contributed by atoms with van der Waals surface area (Å²) >= 11 is 9.34. The summed E-state index contributed by atoms with van der Waals surface area (Å²) in [6.45, 7) is 4.86. The first-order chi connectivity index (χ1) is 14.5. The molecule has 3 rings (SSSR count). The molecule has 1 atom stereocenters. The van der Waals surface area contributed by atoms with Crippen molar-refractivity contribution in [1.82, 2.24) is 24.5 Å². The molecule has 0 aliphatic carbocycles. The molecule has 10 nitrogen and oxygen atoms in total. The number of carbonyl (C=O) groups excluding carboxylic acids is 1. The maximum absolute atomic E-state index is 11.8. The Morgan fingerprint density at radius 2 is 2.20 bits per heavy atom. The predicted molar refractivity (Wildman–Crippen MR) is 116 cm³/mol. The van der Waals surface area contributed by atoms with Gasteiger partial charge in [-0.1, -0.05) is 6.07 Å². The highest BCUT2D eigenvalue weighted by atomic mass is 32.1. The van der Waals surface area contributed by atoms with Crippen molar-refractivity contribution < 1.29 is 14.3 Å². The van der Waals surface area contributed by atoms with Crippen molar-refractivity contribution in [1.29, 1.82) is 0 Å². The lowest BCUT2D eigenvalue weighted by Gasteiger charge is -2.15. The molecule has 0 spiro atoms. The molecule has 0 radical (unpaired) electrons. The van der Waals surface area contributed by atoms with Crippen LogP contribution in [0.25, 0.3) is 11.2 Å². The number of fused-ring (bicyclic) bond motifs is 1. The second-order valence-corrected chi connectivity index (χ2v) is 6.39. The van der Waals surface area contributed by atoms with Crippen molar-refractivity contribution in [3.05, 3.63) is 51.5 Å². The first-order valence-corrected chi connectivity index (χ1v) is 9.70. The quantitative estimate of drug-likeness (QED) is 0.435. The first-order valence-electron chi connectivity index (χ1n) is 8.88. The highest BCUT2D eigenvalue weighted by Gasteiger charge is 2.11. The molecular formula is C18H20N6O4S2. The number of amides is 1. The summed E-state index contributed by atoms with van der Waals surface area (Å²) in [5.41, 5.74) is 1.53. The summed E-state index contributed by atoms with van der Waals surface area (Å²) in [5.74, 6) is 0. The number of rotatable bonds is 6. The Morgan fingerprint density at radius 3 is 2.87 bits per heavy atom. The molecule has 158 valence electrons. The van der Waals surface area contributed by atoms with E-state index in [-0.39, 0.29) is 11.7 Å². The van der Waals surface area contributed by atoms with E-state index in [1.165, 1.54) is 6.33 Å². The Kier molecular flexibility index (Phi) is 9.16. The molecule has 1 unspecified atom stereocenters. The maximum Gasteiger partial charge on any atom is 0.442 e. The van der Waals surface area contributed by atoms with Crippen molar-refractivity contribution in [3.8, 4) is 0 Å². The van der Waals surface area contributed by atoms with Gasteiger partial charge < -0.3 is 14.5 Å². The van der Waals surface area contributed by atoms with Crippen molar-refractivity contribution in [3.63, 3.8) is 0 Å². The molecular weight excluding hydrogens is 428 g/mol. The highest BCUT2D eigenvalue weighted by molar-refractivity contribution is 7.78. The Morgan fingerprint density at radius 1 is 1.40 bits per heavy atom. The zero-order chi connectivity index (χ0) is 21.9. The van der Waals surface area contributed by atoms with Crippen molar-refractivity contribution in [2.24, 2.45) is 4.99 Å². The minimum atomic E-state index is -0.678. The van der Waals surface area contributed by atoms with E-state index in [1.54, 1.807) is 17.7 Å². The van der Waals surface area contributed by atoms with Gasteiger partial charge in [0.25, 0.3) is 5.56 Å². The number of ether oxygens (including phenoxy) is 2. The number of imidazole rings is 1. The van der Waals surface area contributed by atoms with Crippen LogP contribution in [0.1, 0.15) is 19.5 Å². The normalized spacial score (nSPS) is 11.1. The molecule has 0 saturated heterocycles. The second-order valence-electron chi connectivity index (χ2n) is 5.82. The molecule has 0 bridgehead atoms. The maximum atomic E-state index is 11.8. The molecule has 3 aromatic rings. The minimum absolute atomic E-state index is 0.112. The fraction of sp³-hybridized carbons (Fsp3) is 0.333. The molecule has 30 heavy (non-hydrogen) atoms. The second kappa shape index (κ2) is 11.8. The van der Waals surface area contributed by atoms with Crippen LogP contribution in [0.3, 0.4) is 0 Å². The predicted octanol–water partition coefficient (Wildman–Crippen LogP) is 3.03. The molecule has 2 N–H and O–H groups in total. The van der Waals surface area contributed by atoms with Gasteiger partial charge in [0, 0.05) is 6.20 Å². The summed E-state index contributed by atoms with van der Waals surface area (Å²) in [6, 6.07) is 5.69. The van der Waals surface area contributed by atoms with E-state index in [4.69, 9.17) is 17.0 Å². The lowest BCUT2D eigenvalue weighted by Crippen LogP contribution is -2.21. The van der Waals surface area contributed by atoms with Crippen LogP contribution in [0, 0.1) is 4.77 Å². The van der Waals surface area contributed by atoms with Gasteiger partial charge >= 0.3 is 6.09 Å². The molecule has 0 aromatic carbocycles. The third-order valence-electron chi connectivity index (χ3n) is 3.65. The monoisotopic (exact) mass is 448 g/mol. The number of aromatic amines is 2. The number of H-pyrrole nitrogens is 2. The average molecular weight is 449 g/mol. The van der Waals surface area contributed by atoms with Gasteiger partial charge in [0.05, 0.1) is 43.0 Å². The molecule has 1 amide bonds. The Labute approximate surface area is 182 Å². The zero-order valence-corrected chi connectivity index (χ0v) is 18.0. The van der Waals surface area contributed by atoms with Crippen molar-refractivity contribution in [2.75, 3.05) is 6.61 Å². The summed E-state index contributed by atoms with van der Waals surface area (Å²) in [7, 11) is 0.